The summed E-state index contributed by atoms with van der Waals surface area (Å²) in [5, 5.41) is 17.3. The number of benzene rings is 2. The molecule has 3 N–H and O–H groups in total. The first-order valence-corrected chi connectivity index (χ1v) is 11.3. The van der Waals surface area contributed by atoms with Gasteiger partial charge in [0.05, 0.1) is 29.3 Å². The molecule has 1 aliphatic carbocycles. The molecule has 164 valence electrons. The van der Waals surface area contributed by atoms with Crippen LogP contribution in [0.15, 0.2) is 30.3 Å². The summed E-state index contributed by atoms with van der Waals surface area (Å²) in [5.41, 5.74) is 7.95. The second kappa shape index (κ2) is 7.16. The van der Waals surface area contributed by atoms with Gasteiger partial charge in [-0.1, -0.05) is 24.3 Å². The van der Waals surface area contributed by atoms with Crippen LogP contribution < -0.4 is 15.5 Å². The number of amides is 1. The maximum Gasteiger partial charge on any atom is 0.254 e. The molecule has 2 aliphatic heterocycles. The van der Waals surface area contributed by atoms with Crippen molar-refractivity contribution in [3.63, 3.8) is 0 Å². The summed E-state index contributed by atoms with van der Waals surface area (Å²) in [6, 6.07) is 10.8. The lowest BCUT2D eigenvalue weighted by Crippen LogP contribution is -2.43. The number of nitrogens with one attached hydrogen (secondary N) is 2. The largest absolute Gasteiger partial charge is 0.392 e. The third kappa shape index (κ3) is 3.24. The van der Waals surface area contributed by atoms with Crippen molar-refractivity contribution in [1.29, 1.82) is 0 Å². The number of nitrogens with zero attached hydrogens (tertiary/aromatic N) is 2. The van der Waals surface area contributed by atoms with Gasteiger partial charge in [0.15, 0.2) is 0 Å². The van der Waals surface area contributed by atoms with Crippen molar-refractivity contribution in [3.05, 3.63) is 52.6 Å². The lowest BCUT2D eigenvalue weighted by molar-refractivity contribution is 0.0702. The molecule has 0 bridgehead atoms. The van der Waals surface area contributed by atoms with Crippen LogP contribution >= 0.6 is 0 Å². The molecule has 2 aromatic rings. The van der Waals surface area contributed by atoms with E-state index in [-0.39, 0.29) is 17.6 Å². The van der Waals surface area contributed by atoms with Gasteiger partial charge in [0.1, 0.15) is 0 Å². The van der Waals surface area contributed by atoms with Crippen LogP contribution in [0.5, 0.6) is 0 Å². The summed E-state index contributed by atoms with van der Waals surface area (Å²) in [6.45, 7) is 4.17. The number of anilines is 3. The van der Waals surface area contributed by atoms with E-state index in [0.29, 0.717) is 6.54 Å². The number of likely N-dealkylation sites (N-methyl/N-ethyl adjacent to an activating group) is 1. The molecule has 6 heteroatoms. The van der Waals surface area contributed by atoms with Gasteiger partial charge in [0.2, 0.25) is 0 Å². The summed E-state index contributed by atoms with van der Waals surface area (Å²) >= 11 is 0. The molecule has 2 atom stereocenters. The molecule has 2 aromatic carbocycles. The molecule has 0 saturated carbocycles. The van der Waals surface area contributed by atoms with Gasteiger partial charge in [-0.2, -0.15) is 0 Å². The maximum absolute atomic E-state index is 13.4. The molecule has 31 heavy (non-hydrogen) atoms. The van der Waals surface area contributed by atoms with Crippen LogP contribution in [0.4, 0.5) is 17.1 Å². The van der Waals surface area contributed by atoms with Crippen molar-refractivity contribution >= 4 is 23.0 Å². The zero-order valence-corrected chi connectivity index (χ0v) is 18.8. The highest BCUT2D eigenvalue weighted by atomic mass is 16.3. The molecular formula is C25H32N4O2. The van der Waals surface area contributed by atoms with Gasteiger partial charge in [0, 0.05) is 31.7 Å². The predicted molar refractivity (Wildman–Crippen MR) is 125 cm³/mol. The molecule has 2 heterocycles. The minimum absolute atomic E-state index is 0.00369. The van der Waals surface area contributed by atoms with E-state index in [0.717, 1.165) is 53.9 Å². The third-order valence-electron chi connectivity index (χ3n) is 7.26. The van der Waals surface area contributed by atoms with Crippen molar-refractivity contribution in [3.8, 4) is 0 Å². The number of carbonyl (C=O) groups excluding carboxylic acids is 1. The van der Waals surface area contributed by atoms with Crippen LogP contribution in [0, 0.1) is 0 Å². The number of carbonyl (C=O) groups is 1. The molecule has 0 saturated heterocycles. The topological polar surface area (TPSA) is 67.8 Å². The zero-order valence-electron chi connectivity index (χ0n) is 18.8. The van der Waals surface area contributed by atoms with Crippen LogP contribution in [-0.2, 0) is 19.3 Å². The Morgan fingerprint density at radius 1 is 1.29 bits per heavy atom. The standard InChI is InChI=1S/C25H32N4O2/c1-15(30)14-28(3)24(31)20-11-21-23(26-16(2)29(21)4)22-19(20)9-10-25(27-22)12-17-7-5-6-8-18(17)13-25/h5-8,11,15-16,26-27,30H,9-10,12-14H2,1-4H3/t15-,16?/m0/s1. The Bertz CT molecular complexity index is 1020. The van der Waals surface area contributed by atoms with Gasteiger partial charge in [-0.3, -0.25) is 4.79 Å². The van der Waals surface area contributed by atoms with Crippen molar-refractivity contribution < 1.29 is 9.90 Å². The Labute approximate surface area is 184 Å². The second-order valence-corrected chi connectivity index (χ2v) is 9.67. The average molecular weight is 421 g/mol. The highest BCUT2D eigenvalue weighted by molar-refractivity contribution is 6.03. The lowest BCUT2D eigenvalue weighted by atomic mass is 9.81. The Hall–Kier alpha value is -2.73. The molecule has 0 fully saturated rings. The van der Waals surface area contributed by atoms with E-state index < -0.39 is 6.10 Å². The molecule has 1 unspecified atom stereocenters. The number of aliphatic hydroxyl groups excluding tert-OH is 1. The fourth-order valence-electron chi connectivity index (χ4n) is 5.57. The van der Waals surface area contributed by atoms with Crippen molar-refractivity contribution in [2.24, 2.45) is 0 Å². The van der Waals surface area contributed by atoms with Gasteiger partial charge in [-0.15, -0.1) is 0 Å². The van der Waals surface area contributed by atoms with E-state index in [4.69, 9.17) is 0 Å². The van der Waals surface area contributed by atoms with E-state index in [2.05, 4.69) is 53.8 Å². The molecular weight excluding hydrogens is 388 g/mol. The number of aliphatic hydroxyl groups is 1. The first kappa shape index (κ1) is 20.2. The van der Waals surface area contributed by atoms with Gasteiger partial charge in [-0.05, 0) is 62.3 Å². The van der Waals surface area contributed by atoms with E-state index in [1.165, 1.54) is 11.1 Å². The minimum atomic E-state index is -0.554. The van der Waals surface area contributed by atoms with Gasteiger partial charge < -0.3 is 25.5 Å². The summed E-state index contributed by atoms with van der Waals surface area (Å²) in [5.74, 6) is -0.0274. The quantitative estimate of drug-likeness (QED) is 0.711. The fraction of sp³-hybridized carbons (Fsp3) is 0.480. The normalized spacial score (nSPS) is 21.1. The third-order valence-corrected chi connectivity index (χ3v) is 7.26. The summed E-state index contributed by atoms with van der Waals surface area (Å²) in [7, 11) is 3.83. The van der Waals surface area contributed by atoms with Gasteiger partial charge >= 0.3 is 0 Å². The summed E-state index contributed by atoms with van der Waals surface area (Å²) in [6.07, 6.45) is 3.51. The number of hydrogen-bond donors (Lipinski definition) is 3. The van der Waals surface area contributed by atoms with E-state index in [9.17, 15) is 9.90 Å². The molecule has 0 radical (unpaired) electrons. The van der Waals surface area contributed by atoms with Crippen LogP contribution in [-0.4, -0.2) is 54.4 Å². The van der Waals surface area contributed by atoms with E-state index >= 15 is 0 Å². The molecule has 5 rings (SSSR count). The highest BCUT2D eigenvalue weighted by Gasteiger charge is 2.43. The van der Waals surface area contributed by atoms with Crippen LogP contribution in [0.1, 0.15) is 47.3 Å². The van der Waals surface area contributed by atoms with Crippen LogP contribution in [0.3, 0.4) is 0 Å². The summed E-state index contributed by atoms with van der Waals surface area (Å²) < 4.78 is 0. The van der Waals surface area contributed by atoms with Crippen molar-refractivity contribution in [2.75, 3.05) is 36.2 Å². The lowest BCUT2D eigenvalue weighted by Gasteiger charge is -2.39. The van der Waals surface area contributed by atoms with Crippen molar-refractivity contribution in [2.45, 2.75) is 57.3 Å². The Kier molecular flexibility index (Phi) is 4.66. The molecule has 3 aliphatic rings. The predicted octanol–water partition coefficient (Wildman–Crippen LogP) is 3.24. The summed E-state index contributed by atoms with van der Waals surface area (Å²) in [4.78, 5) is 17.2. The molecule has 0 aromatic heterocycles. The Morgan fingerprint density at radius 2 is 1.97 bits per heavy atom. The molecule has 1 spiro atoms. The average Bonchev–Trinajstić information content (AvgIpc) is 3.23. The fourth-order valence-corrected chi connectivity index (χ4v) is 5.57. The van der Waals surface area contributed by atoms with E-state index in [1.54, 1.807) is 18.9 Å². The second-order valence-electron chi connectivity index (χ2n) is 9.67. The first-order valence-electron chi connectivity index (χ1n) is 11.3. The Balaban J connectivity index is 1.57. The monoisotopic (exact) mass is 420 g/mol. The number of fused-ring (bicyclic) bond motifs is 4. The molecule has 6 nitrogen and oxygen atoms in total. The van der Waals surface area contributed by atoms with Crippen LogP contribution in [0.2, 0.25) is 0 Å². The Morgan fingerprint density at radius 3 is 2.61 bits per heavy atom. The van der Waals surface area contributed by atoms with Gasteiger partial charge in [0.25, 0.3) is 5.91 Å². The zero-order chi connectivity index (χ0) is 21.9. The smallest absolute Gasteiger partial charge is 0.254 e. The minimum Gasteiger partial charge on any atom is -0.392 e. The van der Waals surface area contributed by atoms with Crippen LogP contribution in [0.25, 0.3) is 0 Å². The maximum atomic E-state index is 13.4. The first-order chi connectivity index (χ1) is 14.8. The SMILES string of the molecule is CC1Nc2c(cc(C(=O)N(C)C[C@H](C)O)c3c2NC2(CC3)Cc3ccccc3C2)N1C. The van der Waals surface area contributed by atoms with Gasteiger partial charge in [-0.25, -0.2) is 0 Å². The van der Waals surface area contributed by atoms with E-state index in [1.807, 2.05) is 6.07 Å². The molecule has 1 amide bonds. The van der Waals surface area contributed by atoms with Crippen molar-refractivity contribution in [1.82, 2.24) is 4.90 Å². The number of hydrogen-bond acceptors (Lipinski definition) is 5. The number of rotatable bonds is 3. The highest BCUT2D eigenvalue weighted by Crippen LogP contribution is 2.49.